The number of anilines is 1. The molecule has 1 aliphatic heterocycles. The molecule has 0 saturated carbocycles. The van der Waals surface area contributed by atoms with Crippen LogP contribution in [0.1, 0.15) is 25.3 Å². The van der Waals surface area contributed by atoms with Crippen molar-refractivity contribution in [3.63, 3.8) is 0 Å². The Morgan fingerprint density at radius 3 is 2.82 bits per heavy atom. The molecule has 5 heterocycles. The van der Waals surface area contributed by atoms with Gasteiger partial charge in [0, 0.05) is 44.1 Å². The highest BCUT2D eigenvalue weighted by atomic mass is 16.2. The Morgan fingerprint density at radius 1 is 1.18 bits per heavy atom. The number of hydrogen-bond acceptors (Lipinski definition) is 7. The highest BCUT2D eigenvalue weighted by Gasteiger charge is 2.26. The lowest BCUT2D eigenvalue weighted by atomic mass is 10.1. The van der Waals surface area contributed by atoms with Gasteiger partial charge in [0.25, 0.3) is 5.56 Å². The largest absolute Gasteiger partial charge is 0.341 e. The summed E-state index contributed by atoms with van der Waals surface area (Å²) in [6, 6.07) is 5.47. The van der Waals surface area contributed by atoms with E-state index in [2.05, 4.69) is 26.7 Å². The summed E-state index contributed by atoms with van der Waals surface area (Å²) in [5, 5.41) is 0. The number of hydrogen-bond donors (Lipinski definition) is 1. The Balaban J connectivity index is 1.72. The minimum atomic E-state index is -0.438. The van der Waals surface area contributed by atoms with Crippen molar-refractivity contribution in [3.8, 4) is 11.8 Å². The zero-order valence-corrected chi connectivity index (χ0v) is 19.2. The first-order valence-electron chi connectivity index (χ1n) is 11.3. The van der Waals surface area contributed by atoms with Crippen molar-refractivity contribution in [2.75, 3.05) is 18.0 Å². The molecule has 0 unspecified atom stereocenters. The number of fused-ring (bicyclic) bond motifs is 2. The molecule has 10 heteroatoms. The molecule has 0 aromatic carbocycles. The van der Waals surface area contributed by atoms with Gasteiger partial charge in [0.1, 0.15) is 0 Å². The number of piperidine rings is 1. The number of rotatable bonds is 4. The minimum Gasteiger partial charge on any atom is -0.341 e. The van der Waals surface area contributed by atoms with Crippen molar-refractivity contribution in [1.82, 2.24) is 28.7 Å². The Bertz CT molecular complexity index is 1560. The highest BCUT2D eigenvalue weighted by Crippen LogP contribution is 2.23. The van der Waals surface area contributed by atoms with Crippen molar-refractivity contribution in [2.24, 2.45) is 12.8 Å². The zero-order valence-electron chi connectivity index (χ0n) is 19.2. The summed E-state index contributed by atoms with van der Waals surface area (Å²) >= 11 is 0. The quantitative estimate of drug-likeness (QED) is 0.450. The predicted molar refractivity (Wildman–Crippen MR) is 131 cm³/mol. The summed E-state index contributed by atoms with van der Waals surface area (Å²) in [6.07, 6.45) is 5.22. The van der Waals surface area contributed by atoms with Gasteiger partial charge in [-0.05, 0) is 38.0 Å². The lowest BCUT2D eigenvalue weighted by Crippen LogP contribution is -2.44. The van der Waals surface area contributed by atoms with Crippen LogP contribution in [0.15, 0.2) is 40.2 Å². The summed E-state index contributed by atoms with van der Waals surface area (Å²) < 4.78 is 4.47. The Hall–Kier alpha value is -3.97. The molecule has 0 radical (unpaired) electrons. The molecule has 1 fully saturated rings. The van der Waals surface area contributed by atoms with E-state index in [1.807, 2.05) is 10.6 Å². The number of aromatic nitrogens is 6. The summed E-state index contributed by atoms with van der Waals surface area (Å²) in [4.78, 5) is 42.6. The first kappa shape index (κ1) is 21.9. The maximum atomic E-state index is 13.7. The third-order valence-corrected chi connectivity index (χ3v) is 6.28. The van der Waals surface area contributed by atoms with E-state index >= 15 is 0 Å². The molecule has 0 bridgehead atoms. The Morgan fingerprint density at radius 2 is 2.03 bits per heavy atom. The van der Waals surface area contributed by atoms with E-state index in [4.69, 9.17) is 10.7 Å². The van der Waals surface area contributed by atoms with E-state index in [-0.39, 0.29) is 12.6 Å². The average molecular weight is 459 g/mol. The third kappa shape index (κ3) is 3.64. The fraction of sp³-hybridized carbons (Fsp3) is 0.375. The first-order valence-corrected chi connectivity index (χ1v) is 11.3. The van der Waals surface area contributed by atoms with Crippen LogP contribution < -0.4 is 21.9 Å². The van der Waals surface area contributed by atoms with E-state index in [9.17, 15) is 9.59 Å². The summed E-state index contributed by atoms with van der Waals surface area (Å²) in [7, 11) is 1.64. The summed E-state index contributed by atoms with van der Waals surface area (Å²) in [5.41, 5.74) is 8.17. The maximum Gasteiger partial charge on any atom is 0.332 e. The molecule has 1 aliphatic rings. The van der Waals surface area contributed by atoms with E-state index < -0.39 is 11.2 Å². The lowest BCUT2D eigenvalue weighted by molar-refractivity contribution is 0.496. The van der Waals surface area contributed by atoms with Crippen LogP contribution in [-0.2, 0) is 20.1 Å². The van der Waals surface area contributed by atoms with Crippen LogP contribution in [0.2, 0.25) is 0 Å². The Labute approximate surface area is 195 Å². The van der Waals surface area contributed by atoms with Crippen LogP contribution in [0.3, 0.4) is 0 Å². The molecular formula is C24H26N8O2. The fourth-order valence-corrected chi connectivity index (χ4v) is 4.57. The zero-order chi connectivity index (χ0) is 23.8. The van der Waals surface area contributed by atoms with Crippen LogP contribution >= 0.6 is 0 Å². The molecule has 0 amide bonds. The molecule has 174 valence electrons. The normalized spacial score (nSPS) is 16.1. The first-order chi connectivity index (χ1) is 16.5. The van der Waals surface area contributed by atoms with E-state index in [1.165, 1.54) is 9.13 Å². The van der Waals surface area contributed by atoms with Crippen molar-refractivity contribution in [2.45, 2.75) is 38.9 Å². The van der Waals surface area contributed by atoms with Gasteiger partial charge in [-0.2, -0.15) is 4.98 Å². The summed E-state index contributed by atoms with van der Waals surface area (Å²) in [5.74, 6) is 6.56. The molecule has 1 atom stereocenters. The minimum absolute atomic E-state index is 0.0345. The van der Waals surface area contributed by atoms with Gasteiger partial charge in [-0.15, -0.1) is 5.92 Å². The number of nitrogens with two attached hydrogens (primary N) is 1. The fourth-order valence-electron chi connectivity index (χ4n) is 4.57. The van der Waals surface area contributed by atoms with Gasteiger partial charge in [0.2, 0.25) is 5.95 Å². The molecular weight excluding hydrogens is 432 g/mol. The Kier molecular flexibility index (Phi) is 5.63. The van der Waals surface area contributed by atoms with Gasteiger partial charge < -0.3 is 10.6 Å². The monoisotopic (exact) mass is 458 g/mol. The molecule has 2 N–H and O–H groups in total. The molecule has 34 heavy (non-hydrogen) atoms. The van der Waals surface area contributed by atoms with Gasteiger partial charge >= 0.3 is 5.69 Å². The van der Waals surface area contributed by atoms with Crippen molar-refractivity contribution < 1.29 is 0 Å². The van der Waals surface area contributed by atoms with Crippen LogP contribution in [-0.4, -0.2) is 47.8 Å². The second-order valence-corrected chi connectivity index (χ2v) is 8.52. The van der Waals surface area contributed by atoms with Crippen LogP contribution in [0, 0.1) is 11.8 Å². The van der Waals surface area contributed by atoms with Gasteiger partial charge in [-0.3, -0.25) is 28.5 Å². The molecule has 10 nitrogen and oxygen atoms in total. The molecule has 4 aromatic heterocycles. The van der Waals surface area contributed by atoms with Crippen molar-refractivity contribution >= 4 is 28.1 Å². The lowest BCUT2D eigenvalue weighted by Gasteiger charge is -2.31. The van der Waals surface area contributed by atoms with Crippen LogP contribution in [0.4, 0.5) is 5.95 Å². The van der Waals surface area contributed by atoms with Gasteiger partial charge in [0.05, 0.1) is 24.1 Å². The number of nitrogens with zero attached hydrogens (tertiary/aromatic N) is 7. The standard InChI is InChI=1S/C24H26N8O2/c1-3-4-13-31-20-21(28-23(31)30-12-6-7-17(25)15-30)29(2)24(34)32(22(20)33)14-16-9-11-26-18-8-5-10-27-19(16)18/h5,8-11,17H,6-7,12-15,25H2,1-2H3/t17-/m1/s1. The number of aryl methyl sites for hydroxylation is 1. The number of imidazole rings is 1. The van der Waals surface area contributed by atoms with E-state index in [1.54, 1.807) is 38.5 Å². The average Bonchev–Trinajstić information content (AvgIpc) is 3.24. The smallest absolute Gasteiger partial charge is 0.332 e. The topological polar surface area (TPSA) is 117 Å². The third-order valence-electron chi connectivity index (χ3n) is 6.28. The van der Waals surface area contributed by atoms with Gasteiger partial charge in [-0.1, -0.05) is 5.92 Å². The van der Waals surface area contributed by atoms with E-state index in [0.717, 1.165) is 24.9 Å². The van der Waals surface area contributed by atoms with Crippen LogP contribution in [0.5, 0.6) is 0 Å². The second kappa shape index (κ2) is 8.76. The van der Waals surface area contributed by atoms with Gasteiger partial charge in [-0.25, -0.2) is 4.79 Å². The predicted octanol–water partition coefficient (Wildman–Crippen LogP) is 0.839. The van der Waals surface area contributed by atoms with Crippen LogP contribution in [0.25, 0.3) is 22.2 Å². The van der Waals surface area contributed by atoms with Crippen molar-refractivity contribution in [1.29, 1.82) is 0 Å². The SMILES string of the molecule is CC#CCn1c(N2CCC[C@@H](N)C2)nc2c1c(=O)n(Cc1ccnc3cccnc13)c(=O)n2C. The van der Waals surface area contributed by atoms with E-state index in [0.29, 0.717) is 41.2 Å². The molecule has 5 rings (SSSR count). The van der Waals surface area contributed by atoms with Crippen molar-refractivity contribution in [3.05, 3.63) is 57.0 Å². The highest BCUT2D eigenvalue weighted by molar-refractivity contribution is 5.77. The summed E-state index contributed by atoms with van der Waals surface area (Å²) in [6.45, 7) is 3.55. The molecule has 4 aromatic rings. The van der Waals surface area contributed by atoms with Gasteiger partial charge in [0.15, 0.2) is 11.2 Å². The molecule has 1 saturated heterocycles. The molecule has 0 aliphatic carbocycles. The maximum absolute atomic E-state index is 13.7. The molecule has 0 spiro atoms. The number of pyridine rings is 2. The second-order valence-electron chi connectivity index (χ2n) is 8.52.